The van der Waals surface area contributed by atoms with Crippen LogP contribution in [0.1, 0.15) is 33.4 Å². The molecule has 3 aromatic rings. The van der Waals surface area contributed by atoms with E-state index in [2.05, 4.69) is 30.0 Å². The number of hydrogen-bond acceptors (Lipinski definition) is 4. The first-order chi connectivity index (χ1) is 16.1. The van der Waals surface area contributed by atoms with Gasteiger partial charge in [0.2, 0.25) is 0 Å². The average molecular weight is 479 g/mol. The van der Waals surface area contributed by atoms with Gasteiger partial charge in [0.25, 0.3) is 10.0 Å². The summed E-state index contributed by atoms with van der Waals surface area (Å²) < 4.78 is 28.8. The highest BCUT2D eigenvalue weighted by molar-refractivity contribution is 7.93. The van der Waals surface area contributed by atoms with Crippen molar-refractivity contribution in [3.8, 4) is 0 Å². The summed E-state index contributed by atoms with van der Waals surface area (Å²) in [5.74, 6) is -1.20. The van der Waals surface area contributed by atoms with Gasteiger partial charge in [-0.1, -0.05) is 53.6 Å². The van der Waals surface area contributed by atoms with Crippen molar-refractivity contribution in [2.45, 2.75) is 45.6 Å². The highest BCUT2D eigenvalue weighted by Gasteiger charge is 2.33. The third-order valence-corrected chi connectivity index (χ3v) is 8.32. The van der Waals surface area contributed by atoms with E-state index in [0.717, 1.165) is 27.7 Å². The largest absolute Gasteiger partial charge is 0.480 e. The molecule has 1 N–H and O–H groups in total. The minimum Gasteiger partial charge on any atom is -0.480 e. The number of nitrogens with zero attached hydrogens (tertiary/aromatic N) is 2. The lowest BCUT2D eigenvalue weighted by Gasteiger charge is -2.27. The molecule has 34 heavy (non-hydrogen) atoms. The van der Waals surface area contributed by atoms with Crippen LogP contribution in [0.25, 0.3) is 0 Å². The molecule has 0 unspecified atom stereocenters. The summed E-state index contributed by atoms with van der Waals surface area (Å²) in [6, 6.07) is 17.5. The van der Waals surface area contributed by atoms with Gasteiger partial charge in [-0.15, -0.1) is 0 Å². The molecule has 0 amide bonds. The summed E-state index contributed by atoms with van der Waals surface area (Å²) in [4.78, 5) is 14.2. The number of benzene rings is 3. The van der Waals surface area contributed by atoms with E-state index in [-0.39, 0.29) is 4.90 Å². The first-order valence-electron chi connectivity index (χ1n) is 11.3. The highest BCUT2D eigenvalue weighted by atomic mass is 32.2. The van der Waals surface area contributed by atoms with Crippen LogP contribution in [0.3, 0.4) is 0 Å². The predicted octanol–water partition coefficient (Wildman–Crippen LogP) is 4.76. The molecule has 6 nitrogen and oxygen atoms in total. The van der Waals surface area contributed by atoms with Crippen LogP contribution < -0.4 is 9.21 Å². The van der Waals surface area contributed by atoms with E-state index >= 15 is 0 Å². The van der Waals surface area contributed by atoms with Gasteiger partial charge in [0.15, 0.2) is 0 Å². The summed E-state index contributed by atoms with van der Waals surface area (Å²) in [7, 11) is -4.10. The van der Waals surface area contributed by atoms with Crippen LogP contribution in [-0.4, -0.2) is 32.6 Å². The van der Waals surface area contributed by atoms with E-state index in [0.29, 0.717) is 29.8 Å². The normalized spacial score (nSPS) is 13.1. The molecule has 0 aromatic heterocycles. The van der Waals surface area contributed by atoms with Gasteiger partial charge in [-0.25, -0.2) is 8.42 Å². The smallest absolute Gasteiger partial charge is 0.324 e. The molecule has 1 heterocycles. The Bertz CT molecular complexity index is 1340. The Labute approximate surface area is 201 Å². The third-order valence-electron chi connectivity index (χ3n) is 6.26. The molecule has 1 aliphatic heterocycles. The molecule has 178 valence electrons. The van der Waals surface area contributed by atoms with Crippen LogP contribution in [0.2, 0.25) is 0 Å². The molecule has 1 aliphatic rings. The van der Waals surface area contributed by atoms with E-state index in [4.69, 9.17) is 0 Å². The fraction of sp³-hybridized carbons (Fsp3) is 0.296. The summed E-state index contributed by atoms with van der Waals surface area (Å²) in [6.07, 6.45) is 0.648. The second-order valence-corrected chi connectivity index (χ2v) is 10.9. The molecule has 0 atom stereocenters. The van der Waals surface area contributed by atoms with Gasteiger partial charge in [0.05, 0.1) is 10.6 Å². The number of fused-ring (bicyclic) bond motifs is 1. The molecule has 0 saturated heterocycles. The van der Waals surface area contributed by atoms with E-state index < -0.39 is 22.5 Å². The SMILES string of the molecule is Cc1cccc(CN2CCc3c2cccc3N(CC(=O)O)S(=O)(=O)c2c(C)cc(C)cc2C)c1. The zero-order valence-electron chi connectivity index (χ0n) is 20.0. The zero-order valence-corrected chi connectivity index (χ0v) is 20.8. The summed E-state index contributed by atoms with van der Waals surface area (Å²) in [5, 5.41) is 9.64. The van der Waals surface area contributed by atoms with E-state index in [1.807, 2.05) is 37.3 Å². The lowest BCUT2D eigenvalue weighted by atomic mass is 10.1. The summed E-state index contributed by atoms with van der Waals surface area (Å²) >= 11 is 0. The Morgan fingerprint density at radius 3 is 2.29 bits per heavy atom. The van der Waals surface area contributed by atoms with E-state index in [9.17, 15) is 18.3 Å². The molecular weight excluding hydrogens is 448 g/mol. The van der Waals surface area contributed by atoms with Gasteiger partial charge in [0.1, 0.15) is 6.54 Å². The van der Waals surface area contributed by atoms with E-state index in [1.165, 1.54) is 11.1 Å². The standard InChI is InChI=1S/C27H30N2O4S/c1-18-7-5-8-22(15-18)16-28-12-11-23-24(28)9-6-10-25(23)29(17-26(30)31)34(32,33)27-20(3)13-19(2)14-21(27)4/h5-10,13-15H,11-12,16-17H2,1-4H3,(H,30,31). The Morgan fingerprint density at radius 2 is 1.65 bits per heavy atom. The van der Waals surface area contributed by atoms with Gasteiger partial charge in [-0.3, -0.25) is 9.10 Å². The van der Waals surface area contributed by atoms with Gasteiger partial charge in [-0.05, 0) is 62.9 Å². The van der Waals surface area contributed by atoms with Crippen molar-refractivity contribution in [3.63, 3.8) is 0 Å². The van der Waals surface area contributed by atoms with Crippen molar-refractivity contribution >= 4 is 27.4 Å². The van der Waals surface area contributed by atoms with Gasteiger partial charge in [0, 0.05) is 24.3 Å². The predicted molar refractivity (Wildman–Crippen MR) is 135 cm³/mol. The average Bonchev–Trinajstić information content (AvgIpc) is 3.14. The van der Waals surface area contributed by atoms with Crippen LogP contribution in [-0.2, 0) is 27.8 Å². The first-order valence-corrected chi connectivity index (χ1v) is 12.8. The van der Waals surface area contributed by atoms with Gasteiger partial charge < -0.3 is 10.0 Å². The van der Waals surface area contributed by atoms with Crippen LogP contribution >= 0.6 is 0 Å². The van der Waals surface area contributed by atoms with Gasteiger partial charge >= 0.3 is 5.97 Å². The van der Waals surface area contributed by atoms with Crippen molar-refractivity contribution in [1.82, 2.24) is 0 Å². The monoisotopic (exact) mass is 478 g/mol. The maximum Gasteiger partial charge on any atom is 0.324 e. The Morgan fingerprint density at radius 1 is 0.971 bits per heavy atom. The lowest BCUT2D eigenvalue weighted by molar-refractivity contribution is -0.135. The molecule has 0 spiro atoms. The fourth-order valence-corrected chi connectivity index (χ4v) is 6.88. The number of aryl methyl sites for hydroxylation is 4. The second kappa shape index (κ2) is 9.14. The van der Waals surface area contributed by atoms with Gasteiger partial charge in [-0.2, -0.15) is 0 Å². The zero-order chi connectivity index (χ0) is 24.6. The van der Waals surface area contributed by atoms with Crippen LogP contribution in [0.15, 0.2) is 59.5 Å². The second-order valence-electron chi connectivity index (χ2n) is 9.07. The maximum atomic E-state index is 13.9. The molecule has 0 saturated carbocycles. The molecule has 3 aromatic carbocycles. The number of aliphatic carboxylic acids is 1. The summed E-state index contributed by atoms with van der Waals surface area (Å²) in [5.41, 5.74) is 6.80. The number of carbonyl (C=O) groups is 1. The van der Waals surface area contributed by atoms with E-state index in [1.54, 1.807) is 19.9 Å². The molecular formula is C27H30N2O4S. The number of carboxylic acid groups (broad SMARTS) is 1. The van der Waals surface area contributed by atoms with Crippen LogP contribution in [0.5, 0.6) is 0 Å². The molecule has 0 bridgehead atoms. The molecule has 7 heteroatoms. The Kier molecular flexibility index (Phi) is 6.41. The van der Waals surface area contributed by atoms with Crippen LogP contribution in [0.4, 0.5) is 11.4 Å². The van der Waals surface area contributed by atoms with Crippen molar-refractivity contribution in [1.29, 1.82) is 0 Å². The Hall–Kier alpha value is -3.32. The Balaban J connectivity index is 1.79. The molecule has 4 rings (SSSR count). The third kappa shape index (κ3) is 4.53. The van der Waals surface area contributed by atoms with Crippen molar-refractivity contribution < 1.29 is 18.3 Å². The lowest BCUT2D eigenvalue weighted by Crippen LogP contribution is -2.37. The quantitative estimate of drug-likeness (QED) is 0.530. The molecule has 0 radical (unpaired) electrons. The minimum absolute atomic E-state index is 0.173. The van der Waals surface area contributed by atoms with Crippen molar-refractivity contribution in [2.24, 2.45) is 0 Å². The number of carboxylic acids is 1. The number of rotatable bonds is 7. The van der Waals surface area contributed by atoms with Crippen molar-refractivity contribution in [3.05, 3.63) is 88.0 Å². The first kappa shape index (κ1) is 23.8. The minimum atomic E-state index is -4.10. The molecule has 0 aliphatic carbocycles. The topological polar surface area (TPSA) is 77.9 Å². The number of hydrogen-bond donors (Lipinski definition) is 1. The number of anilines is 2. The maximum absolute atomic E-state index is 13.9. The fourth-order valence-electron chi connectivity index (χ4n) is 5.02. The van der Waals surface area contributed by atoms with Crippen molar-refractivity contribution in [2.75, 3.05) is 22.3 Å². The summed E-state index contributed by atoms with van der Waals surface area (Å²) in [6.45, 7) is 8.30. The molecule has 0 fully saturated rings. The number of sulfonamides is 1. The highest BCUT2D eigenvalue weighted by Crippen LogP contribution is 2.39. The van der Waals surface area contributed by atoms with Crippen LogP contribution in [0, 0.1) is 27.7 Å².